The van der Waals surface area contributed by atoms with E-state index in [-0.39, 0.29) is 43.4 Å². The van der Waals surface area contributed by atoms with Crippen LogP contribution in [0.3, 0.4) is 0 Å². The normalized spacial score (nSPS) is 11.5. The Morgan fingerprint density at radius 3 is 2.56 bits per heavy atom. The number of benzene rings is 2. The van der Waals surface area contributed by atoms with E-state index in [0.717, 1.165) is 23.8 Å². The van der Waals surface area contributed by atoms with Gasteiger partial charge in [-0.3, -0.25) is 10.1 Å². The molecule has 1 aromatic heterocycles. The van der Waals surface area contributed by atoms with Crippen molar-refractivity contribution in [2.24, 2.45) is 5.92 Å². The number of hydrogen-bond donors (Lipinski definition) is 2. The number of aromatic nitrogens is 1. The Morgan fingerprint density at radius 1 is 1.25 bits per heavy atom. The quantitative estimate of drug-likeness (QED) is 0.207. The Balaban J connectivity index is 1.78. The standard InChI is InChI=1S/C25H23Cl2FN2O5S/c1-13(2)7-8-35-20-6-4-5-15(22(20)28)19-12-36-25(29-19)30-23(31)14-9-17(26)16(18(27)10-14)11-21(34-3)24(32)33/h4-6,9-13H,7-8H2,1-3H3,(H,32,33)(H,29,30,31)/b21-11+. The molecule has 0 radical (unpaired) electrons. The summed E-state index contributed by atoms with van der Waals surface area (Å²) in [5, 5.41) is 13.7. The lowest BCUT2D eigenvalue weighted by Gasteiger charge is -2.10. The van der Waals surface area contributed by atoms with Crippen molar-refractivity contribution in [3.8, 4) is 17.0 Å². The Hall–Kier alpha value is -3.14. The third-order valence-electron chi connectivity index (χ3n) is 4.96. The highest BCUT2D eigenvalue weighted by atomic mass is 35.5. The SMILES string of the molecule is CO/C(=C/c1c(Cl)cc(C(=O)Nc2nc(-c3cccc(OCCC(C)C)c3F)cs2)cc1Cl)C(=O)O. The number of ether oxygens (including phenoxy) is 2. The van der Waals surface area contributed by atoms with Gasteiger partial charge in [0.1, 0.15) is 0 Å². The monoisotopic (exact) mass is 552 g/mol. The molecule has 11 heteroatoms. The van der Waals surface area contributed by atoms with Gasteiger partial charge in [-0.1, -0.05) is 43.1 Å². The van der Waals surface area contributed by atoms with Crippen molar-refractivity contribution in [2.45, 2.75) is 20.3 Å². The van der Waals surface area contributed by atoms with Crippen molar-refractivity contribution in [2.75, 3.05) is 19.0 Å². The molecule has 0 saturated heterocycles. The first kappa shape index (κ1) is 27.4. The van der Waals surface area contributed by atoms with Crippen LogP contribution in [0.4, 0.5) is 9.52 Å². The van der Waals surface area contributed by atoms with E-state index >= 15 is 0 Å². The minimum absolute atomic E-state index is 0.0552. The van der Waals surface area contributed by atoms with E-state index in [0.29, 0.717) is 18.2 Å². The number of carboxylic acid groups (broad SMARTS) is 1. The molecule has 3 aromatic rings. The van der Waals surface area contributed by atoms with Crippen molar-refractivity contribution < 1.29 is 28.6 Å². The predicted molar refractivity (Wildman–Crippen MR) is 139 cm³/mol. The maximum atomic E-state index is 15.0. The molecule has 0 aliphatic rings. The zero-order valence-corrected chi connectivity index (χ0v) is 21.9. The first-order valence-corrected chi connectivity index (χ1v) is 12.4. The number of carbonyl (C=O) groups is 2. The van der Waals surface area contributed by atoms with E-state index in [2.05, 4.69) is 24.1 Å². The number of methoxy groups -OCH3 is 1. The molecule has 0 atom stereocenters. The van der Waals surface area contributed by atoms with Gasteiger partial charge in [-0.05, 0) is 42.7 Å². The van der Waals surface area contributed by atoms with Gasteiger partial charge in [-0.25, -0.2) is 14.2 Å². The Morgan fingerprint density at radius 2 is 1.94 bits per heavy atom. The molecule has 0 spiro atoms. The molecule has 1 heterocycles. The molecule has 0 aliphatic heterocycles. The van der Waals surface area contributed by atoms with Crippen LogP contribution >= 0.6 is 34.5 Å². The number of nitrogens with one attached hydrogen (secondary N) is 1. The van der Waals surface area contributed by atoms with Crippen LogP contribution in [0.2, 0.25) is 10.0 Å². The van der Waals surface area contributed by atoms with Crippen molar-refractivity contribution in [1.29, 1.82) is 0 Å². The van der Waals surface area contributed by atoms with Gasteiger partial charge in [-0.2, -0.15) is 0 Å². The first-order valence-electron chi connectivity index (χ1n) is 10.8. The highest BCUT2D eigenvalue weighted by molar-refractivity contribution is 7.14. The fourth-order valence-electron chi connectivity index (χ4n) is 3.04. The zero-order valence-electron chi connectivity index (χ0n) is 19.6. The van der Waals surface area contributed by atoms with Gasteiger partial charge in [0.2, 0.25) is 5.76 Å². The minimum Gasteiger partial charge on any atom is -0.490 e. The van der Waals surface area contributed by atoms with Gasteiger partial charge < -0.3 is 14.6 Å². The number of carboxylic acids is 1. The molecule has 0 bridgehead atoms. The summed E-state index contributed by atoms with van der Waals surface area (Å²) in [5.41, 5.74) is 0.916. The molecule has 1 amide bonds. The smallest absolute Gasteiger partial charge is 0.371 e. The van der Waals surface area contributed by atoms with Crippen molar-refractivity contribution in [3.63, 3.8) is 0 Å². The second-order valence-electron chi connectivity index (χ2n) is 8.01. The van der Waals surface area contributed by atoms with Crippen molar-refractivity contribution in [1.82, 2.24) is 4.98 Å². The maximum absolute atomic E-state index is 15.0. The molecule has 0 aliphatic carbocycles. The van der Waals surface area contributed by atoms with Crippen LogP contribution in [0, 0.1) is 11.7 Å². The molecular weight excluding hydrogens is 530 g/mol. The van der Waals surface area contributed by atoms with Gasteiger partial charge in [0.25, 0.3) is 5.91 Å². The fraction of sp³-hybridized carbons (Fsp3) is 0.240. The summed E-state index contributed by atoms with van der Waals surface area (Å²) in [6.07, 6.45) is 1.96. The van der Waals surface area contributed by atoms with Crippen LogP contribution in [0.5, 0.6) is 5.75 Å². The molecule has 2 aromatic carbocycles. The number of aliphatic carboxylic acids is 1. The lowest BCUT2D eigenvalue weighted by Crippen LogP contribution is -2.12. The lowest BCUT2D eigenvalue weighted by atomic mass is 10.1. The van der Waals surface area contributed by atoms with Crippen LogP contribution in [-0.4, -0.2) is 35.7 Å². The second-order valence-corrected chi connectivity index (χ2v) is 9.68. The Bertz CT molecular complexity index is 1290. The summed E-state index contributed by atoms with van der Waals surface area (Å²) in [4.78, 5) is 28.3. The van der Waals surface area contributed by atoms with Crippen LogP contribution < -0.4 is 10.1 Å². The van der Waals surface area contributed by atoms with E-state index in [9.17, 15) is 14.0 Å². The Labute approximate surface area is 221 Å². The molecule has 0 fully saturated rings. The number of hydrogen-bond acceptors (Lipinski definition) is 6. The number of nitrogens with zero attached hydrogens (tertiary/aromatic N) is 1. The largest absolute Gasteiger partial charge is 0.490 e. The van der Waals surface area contributed by atoms with Crippen molar-refractivity contribution >= 4 is 57.6 Å². The van der Waals surface area contributed by atoms with E-state index < -0.39 is 17.7 Å². The van der Waals surface area contributed by atoms with Crippen LogP contribution in [0.25, 0.3) is 17.3 Å². The summed E-state index contributed by atoms with van der Waals surface area (Å²) < 4.78 is 25.4. The summed E-state index contributed by atoms with van der Waals surface area (Å²) in [6, 6.07) is 7.51. The number of amides is 1. The number of rotatable bonds is 10. The highest BCUT2D eigenvalue weighted by Crippen LogP contribution is 2.33. The fourth-order valence-corrected chi connectivity index (χ4v) is 4.34. The summed E-state index contributed by atoms with van der Waals surface area (Å²) in [7, 11) is 1.20. The Kier molecular flexibility index (Phi) is 9.31. The van der Waals surface area contributed by atoms with Gasteiger partial charge in [0.15, 0.2) is 16.7 Å². The van der Waals surface area contributed by atoms with Crippen LogP contribution in [-0.2, 0) is 9.53 Å². The number of thiazole rings is 1. The summed E-state index contributed by atoms with van der Waals surface area (Å²) in [6.45, 7) is 4.52. The minimum atomic E-state index is -1.30. The predicted octanol–water partition coefficient (Wildman–Crippen LogP) is 7.01. The van der Waals surface area contributed by atoms with E-state index in [1.807, 2.05) is 0 Å². The van der Waals surface area contributed by atoms with Gasteiger partial charge in [0.05, 0.1) is 29.5 Å². The summed E-state index contributed by atoms with van der Waals surface area (Å²) >= 11 is 13.6. The number of anilines is 1. The number of carbonyl (C=O) groups excluding carboxylic acids is 1. The molecule has 0 unspecified atom stereocenters. The highest BCUT2D eigenvalue weighted by Gasteiger charge is 2.18. The van der Waals surface area contributed by atoms with Crippen LogP contribution in [0.15, 0.2) is 41.5 Å². The second kappa shape index (κ2) is 12.2. The van der Waals surface area contributed by atoms with E-state index in [1.54, 1.807) is 23.6 Å². The molecule has 0 saturated carbocycles. The molecule has 36 heavy (non-hydrogen) atoms. The first-order chi connectivity index (χ1) is 17.1. The molecule has 7 nitrogen and oxygen atoms in total. The van der Waals surface area contributed by atoms with Gasteiger partial charge >= 0.3 is 5.97 Å². The maximum Gasteiger partial charge on any atom is 0.371 e. The average Bonchev–Trinajstić information content (AvgIpc) is 3.27. The third-order valence-corrected chi connectivity index (χ3v) is 6.35. The van der Waals surface area contributed by atoms with Crippen molar-refractivity contribution in [3.05, 3.63) is 68.5 Å². The van der Waals surface area contributed by atoms with Gasteiger partial charge in [0, 0.05) is 22.1 Å². The molecule has 2 N–H and O–H groups in total. The average molecular weight is 553 g/mol. The molecule has 3 rings (SSSR count). The molecule has 190 valence electrons. The summed E-state index contributed by atoms with van der Waals surface area (Å²) in [5.74, 6) is -2.16. The van der Waals surface area contributed by atoms with Gasteiger partial charge in [-0.15, -0.1) is 11.3 Å². The zero-order chi connectivity index (χ0) is 26.4. The van der Waals surface area contributed by atoms with E-state index in [1.165, 1.54) is 19.2 Å². The van der Waals surface area contributed by atoms with Crippen LogP contribution in [0.1, 0.15) is 36.2 Å². The lowest BCUT2D eigenvalue weighted by molar-refractivity contribution is -0.135. The molecular formula is C25H23Cl2FN2O5S. The topological polar surface area (TPSA) is 97.8 Å². The third kappa shape index (κ3) is 6.75. The number of halogens is 3. The van der Waals surface area contributed by atoms with E-state index in [4.69, 9.17) is 37.8 Å².